The first-order valence-electron chi connectivity index (χ1n) is 6.88. The van der Waals surface area contributed by atoms with Crippen molar-refractivity contribution in [2.45, 2.75) is 45.7 Å². The molecule has 0 radical (unpaired) electrons. The average molecular weight is 260 g/mol. The lowest BCUT2D eigenvalue weighted by Gasteiger charge is -2.08. The molecule has 1 aliphatic carbocycles. The number of aryl methyl sites for hydroxylation is 1. The molecule has 1 aliphatic rings. The standard InChI is InChI=1S/C15H20N2O2/c1-9-6-13(9)14-5-4-12(19-14)8-16-11(3)15-17-7-10(2)18-15/h4-5,7,9,11,13,16H,6,8H2,1-3H3. The molecule has 1 saturated carbocycles. The Morgan fingerprint density at radius 2 is 2.21 bits per heavy atom. The Kier molecular flexibility index (Phi) is 3.19. The molecule has 1 N–H and O–H groups in total. The van der Waals surface area contributed by atoms with E-state index in [0.717, 1.165) is 29.1 Å². The molecule has 3 rings (SSSR count). The maximum absolute atomic E-state index is 5.86. The zero-order chi connectivity index (χ0) is 13.4. The fourth-order valence-corrected chi connectivity index (χ4v) is 2.32. The van der Waals surface area contributed by atoms with E-state index in [9.17, 15) is 0 Å². The van der Waals surface area contributed by atoms with Crippen LogP contribution in [0.15, 0.2) is 27.2 Å². The topological polar surface area (TPSA) is 51.2 Å². The van der Waals surface area contributed by atoms with Gasteiger partial charge in [0.2, 0.25) is 5.89 Å². The Labute approximate surface area is 113 Å². The fraction of sp³-hybridized carbons (Fsp3) is 0.533. The molecule has 2 heterocycles. The van der Waals surface area contributed by atoms with Crippen LogP contribution in [-0.2, 0) is 6.54 Å². The van der Waals surface area contributed by atoms with Gasteiger partial charge < -0.3 is 8.83 Å². The second-order valence-electron chi connectivity index (χ2n) is 5.54. The van der Waals surface area contributed by atoms with Crippen molar-refractivity contribution in [2.24, 2.45) is 5.92 Å². The van der Waals surface area contributed by atoms with E-state index in [1.54, 1.807) is 6.20 Å². The van der Waals surface area contributed by atoms with E-state index in [2.05, 4.69) is 29.4 Å². The third-order valence-electron chi connectivity index (χ3n) is 3.75. The largest absolute Gasteiger partial charge is 0.464 e. The van der Waals surface area contributed by atoms with Gasteiger partial charge in [-0.3, -0.25) is 5.32 Å². The average Bonchev–Trinajstić information content (AvgIpc) is 2.84. The first-order chi connectivity index (χ1) is 9.13. The third-order valence-corrected chi connectivity index (χ3v) is 3.75. The number of hydrogen-bond acceptors (Lipinski definition) is 4. The molecule has 0 spiro atoms. The van der Waals surface area contributed by atoms with Crippen molar-refractivity contribution < 1.29 is 8.83 Å². The van der Waals surface area contributed by atoms with Crippen molar-refractivity contribution in [1.29, 1.82) is 0 Å². The van der Waals surface area contributed by atoms with Crippen LogP contribution < -0.4 is 5.32 Å². The van der Waals surface area contributed by atoms with Gasteiger partial charge in [0.15, 0.2) is 0 Å². The predicted octanol–water partition coefficient (Wildman–Crippen LogP) is 3.55. The molecule has 2 aromatic rings. The lowest BCUT2D eigenvalue weighted by Crippen LogP contribution is -2.17. The summed E-state index contributed by atoms with van der Waals surface area (Å²) in [6.45, 7) is 6.90. The molecule has 19 heavy (non-hydrogen) atoms. The van der Waals surface area contributed by atoms with Gasteiger partial charge in [0.1, 0.15) is 17.3 Å². The molecule has 0 aliphatic heterocycles. The molecule has 0 bridgehead atoms. The monoisotopic (exact) mass is 260 g/mol. The highest BCUT2D eigenvalue weighted by atomic mass is 16.4. The molecular weight excluding hydrogens is 240 g/mol. The molecule has 4 nitrogen and oxygen atoms in total. The van der Waals surface area contributed by atoms with E-state index in [0.29, 0.717) is 12.5 Å². The van der Waals surface area contributed by atoms with E-state index in [-0.39, 0.29) is 6.04 Å². The summed E-state index contributed by atoms with van der Waals surface area (Å²) >= 11 is 0. The van der Waals surface area contributed by atoms with Crippen LogP contribution in [0.5, 0.6) is 0 Å². The lowest BCUT2D eigenvalue weighted by molar-refractivity contribution is 0.380. The molecule has 0 saturated heterocycles. The summed E-state index contributed by atoms with van der Waals surface area (Å²) in [5.41, 5.74) is 0. The van der Waals surface area contributed by atoms with Crippen LogP contribution in [0.25, 0.3) is 0 Å². The van der Waals surface area contributed by atoms with Crippen molar-refractivity contribution in [3.63, 3.8) is 0 Å². The molecular formula is C15H20N2O2. The lowest BCUT2D eigenvalue weighted by atomic mass is 10.3. The summed E-state index contributed by atoms with van der Waals surface area (Å²) in [7, 11) is 0. The molecule has 102 valence electrons. The third kappa shape index (κ3) is 2.73. The van der Waals surface area contributed by atoms with Gasteiger partial charge in [-0.25, -0.2) is 4.98 Å². The van der Waals surface area contributed by atoms with E-state index >= 15 is 0 Å². The van der Waals surface area contributed by atoms with Gasteiger partial charge in [0.25, 0.3) is 0 Å². The minimum atomic E-state index is 0.0853. The first-order valence-corrected chi connectivity index (χ1v) is 6.88. The van der Waals surface area contributed by atoms with E-state index in [1.165, 1.54) is 6.42 Å². The quantitative estimate of drug-likeness (QED) is 0.893. The van der Waals surface area contributed by atoms with E-state index < -0.39 is 0 Å². The number of nitrogens with zero attached hydrogens (tertiary/aromatic N) is 1. The van der Waals surface area contributed by atoms with Crippen LogP contribution in [0.3, 0.4) is 0 Å². The Balaban J connectivity index is 1.55. The first kappa shape index (κ1) is 12.5. The van der Waals surface area contributed by atoms with Crippen LogP contribution in [0.4, 0.5) is 0 Å². The second kappa shape index (κ2) is 4.85. The van der Waals surface area contributed by atoms with E-state index in [1.807, 2.05) is 13.8 Å². The zero-order valence-electron chi connectivity index (χ0n) is 11.6. The zero-order valence-corrected chi connectivity index (χ0v) is 11.6. The van der Waals surface area contributed by atoms with Crippen molar-refractivity contribution in [3.8, 4) is 0 Å². The number of oxazole rings is 1. The highest BCUT2D eigenvalue weighted by molar-refractivity contribution is 5.17. The molecule has 4 heteroatoms. The van der Waals surface area contributed by atoms with Gasteiger partial charge in [-0.2, -0.15) is 0 Å². The molecule has 2 aromatic heterocycles. The van der Waals surface area contributed by atoms with Gasteiger partial charge in [-0.05, 0) is 38.3 Å². The fourth-order valence-electron chi connectivity index (χ4n) is 2.32. The smallest absolute Gasteiger partial charge is 0.211 e. The highest BCUT2D eigenvalue weighted by Crippen LogP contribution is 2.47. The Hall–Kier alpha value is -1.55. The summed E-state index contributed by atoms with van der Waals surface area (Å²) in [5.74, 6) is 5.08. The molecule has 0 aromatic carbocycles. The molecule has 3 unspecified atom stereocenters. The Bertz CT molecular complexity index is 558. The summed E-state index contributed by atoms with van der Waals surface area (Å²) in [6.07, 6.45) is 3.00. The van der Waals surface area contributed by atoms with Gasteiger partial charge in [0, 0.05) is 5.92 Å². The highest BCUT2D eigenvalue weighted by Gasteiger charge is 2.36. The maximum atomic E-state index is 5.86. The SMILES string of the molecule is Cc1cnc(C(C)NCc2ccc(C3CC3C)o2)o1. The summed E-state index contributed by atoms with van der Waals surface area (Å²) in [5, 5.41) is 3.36. The van der Waals surface area contributed by atoms with Crippen molar-refractivity contribution in [1.82, 2.24) is 10.3 Å². The maximum Gasteiger partial charge on any atom is 0.211 e. The van der Waals surface area contributed by atoms with Crippen molar-refractivity contribution in [3.05, 3.63) is 41.5 Å². The minimum Gasteiger partial charge on any atom is -0.464 e. The predicted molar refractivity (Wildman–Crippen MR) is 71.7 cm³/mol. The molecule has 3 atom stereocenters. The number of furan rings is 1. The Morgan fingerprint density at radius 1 is 1.42 bits per heavy atom. The summed E-state index contributed by atoms with van der Waals surface area (Å²) < 4.78 is 11.4. The van der Waals surface area contributed by atoms with Gasteiger partial charge >= 0.3 is 0 Å². The van der Waals surface area contributed by atoms with Crippen LogP contribution in [0.1, 0.15) is 55.4 Å². The Morgan fingerprint density at radius 3 is 2.84 bits per heavy atom. The van der Waals surface area contributed by atoms with Gasteiger partial charge in [-0.15, -0.1) is 0 Å². The second-order valence-corrected chi connectivity index (χ2v) is 5.54. The van der Waals surface area contributed by atoms with Crippen LogP contribution in [0, 0.1) is 12.8 Å². The molecule has 0 amide bonds. The van der Waals surface area contributed by atoms with Crippen molar-refractivity contribution >= 4 is 0 Å². The number of aromatic nitrogens is 1. The van der Waals surface area contributed by atoms with E-state index in [4.69, 9.17) is 8.83 Å². The van der Waals surface area contributed by atoms with Crippen LogP contribution in [-0.4, -0.2) is 4.98 Å². The van der Waals surface area contributed by atoms with Crippen LogP contribution in [0.2, 0.25) is 0 Å². The number of nitrogens with one attached hydrogen (secondary N) is 1. The van der Waals surface area contributed by atoms with Crippen LogP contribution >= 0.6 is 0 Å². The van der Waals surface area contributed by atoms with Crippen molar-refractivity contribution in [2.75, 3.05) is 0 Å². The van der Waals surface area contributed by atoms with Gasteiger partial charge in [0.05, 0.1) is 18.8 Å². The summed E-state index contributed by atoms with van der Waals surface area (Å²) in [4.78, 5) is 4.22. The summed E-state index contributed by atoms with van der Waals surface area (Å²) in [6, 6.07) is 4.24. The normalized spacial score (nSPS) is 23.5. The minimum absolute atomic E-state index is 0.0853. The number of rotatable bonds is 5. The molecule has 1 fully saturated rings. The number of hydrogen-bond donors (Lipinski definition) is 1. The van der Waals surface area contributed by atoms with Gasteiger partial charge in [-0.1, -0.05) is 6.92 Å².